The molecule has 0 amide bonds. The maximum atomic E-state index is 10.4. The zero-order valence-corrected chi connectivity index (χ0v) is 5.67. The first kappa shape index (κ1) is 8.23. The molecule has 0 unspecified atom stereocenters. The lowest BCUT2D eigenvalue weighted by Crippen LogP contribution is -2.44. The topological polar surface area (TPSA) is 63.1 Å². The van der Waals surface area contributed by atoms with Crippen molar-refractivity contribution >= 4 is 6.16 Å². The molecule has 0 saturated heterocycles. The summed E-state index contributed by atoms with van der Waals surface area (Å²) in [5, 5.41) is 18.5. The van der Waals surface area contributed by atoms with Crippen LogP contribution in [0.5, 0.6) is 0 Å². The van der Waals surface area contributed by atoms with Crippen LogP contribution in [0.25, 0.3) is 0 Å². The van der Waals surface area contributed by atoms with E-state index < -0.39 is 11.8 Å². The van der Waals surface area contributed by atoms with Gasteiger partial charge < -0.3 is 14.9 Å². The van der Waals surface area contributed by atoms with E-state index in [1.807, 2.05) is 0 Å². The van der Waals surface area contributed by atoms with Crippen LogP contribution in [0.2, 0.25) is 0 Å². The van der Waals surface area contributed by atoms with Crippen LogP contribution in [0.15, 0.2) is 0 Å². The maximum Gasteiger partial charge on any atom is 0.725 e. The molecular weight excluding hydrogens is 124 g/mol. The third-order valence-electron chi connectivity index (χ3n) is 0.715. The average molecular weight is 134 g/mol. The van der Waals surface area contributed by atoms with Crippen molar-refractivity contribution < 1.29 is 19.7 Å². The molecule has 1 N–H and O–H groups in total. The summed E-state index contributed by atoms with van der Waals surface area (Å²) >= 11 is 0. The van der Waals surface area contributed by atoms with Gasteiger partial charge in [0, 0.05) is 4.79 Å². The molecule has 0 spiro atoms. The fourth-order valence-corrected chi connectivity index (χ4v) is 0.262. The van der Waals surface area contributed by atoms with Crippen LogP contribution in [-0.2, 0) is 4.52 Å². The fourth-order valence-electron chi connectivity index (χ4n) is 0.262. The summed E-state index contributed by atoms with van der Waals surface area (Å²) in [5.41, 5.74) is -0.925. The smallest absolute Gasteiger partial charge is 0.626 e. The molecule has 4 nitrogen and oxygen atoms in total. The molecule has 0 aliphatic heterocycles. The van der Waals surface area contributed by atoms with E-state index in [2.05, 4.69) is 0 Å². The lowest BCUT2D eigenvalue weighted by Gasteiger charge is -2.37. The van der Waals surface area contributed by atoms with Crippen LogP contribution in [0, 0.1) is 0 Å². The molecule has 0 radical (unpaired) electrons. The van der Waals surface area contributed by atoms with E-state index in [4.69, 9.17) is 5.11 Å². The Balaban J connectivity index is 4.04. The van der Waals surface area contributed by atoms with Crippen molar-refractivity contribution in [1.82, 2.24) is 0 Å². The Morgan fingerprint density at radius 1 is 1.56 bits per heavy atom. The first-order chi connectivity index (χ1) is 3.85. The van der Waals surface area contributed by atoms with Crippen LogP contribution in [0.3, 0.4) is 0 Å². The second-order valence-corrected chi connectivity index (χ2v) is 2.65. The highest BCUT2D eigenvalue weighted by Gasteiger charge is 2.23. The fraction of sp³-hybridized carbons (Fsp3) is 0.800. The van der Waals surface area contributed by atoms with Crippen molar-refractivity contribution in [3.8, 4) is 0 Å². The Labute approximate surface area is 53.3 Å². The first-order valence-electron chi connectivity index (χ1n) is 2.50. The molecule has 54 valence electrons. The lowest BCUT2D eigenvalue weighted by atomic mass is 10.2. The van der Waals surface area contributed by atoms with Gasteiger partial charge in [-0.1, -0.05) is 0 Å². The molecule has 0 aromatic carbocycles. The van der Waals surface area contributed by atoms with Crippen LogP contribution in [0.1, 0.15) is 20.8 Å². The molecule has 0 saturated carbocycles. The number of carboxylic acid groups (broad SMARTS) is 1. The second kappa shape index (κ2) is 2.23. The molecule has 0 atom stereocenters. The van der Waals surface area contributed by atoms with Crippen molar-refractivity contribution in [2.24, 2.45) is 0 Å². The monoisotopic (exact) mass is 134 g/mol. The summed E-state index contributed by atoms with van der Waals surface area (Å²) in [6, 6.07) is 0. The normalized spacial score (nSPS) is 11.1. The minimum atomic E-state index is -1.53. The van der Waals surface area contributed by atoms with E-state index in [-0.39, 0.29) is 0 Å². The van der Waals surface area contributed by atoms with Gasteiger partial charge in [0.05, 0.1) is 0 Å². The molecule has 0 fully saturated rings. The second-order valence-electron chi connectivity index (χ2n) is 2.65. The molecule has 0 aromatic rings. The van der Waals surface area contributed by atoms with Crippen LogP contribution >= 0.6 is 0 Å². The predicted octanol–water partition coefficient (Wildman–Crippen LogP) is 0.290. The van der Waals surface area contributed by atoms with Gasteiger partial charge in [-0.3, -0.25) is 0 Å². The average Bonchev–Trinajstić information content (AvgIpc) is 1.62. The molecular formula is C5H10O4. The van der Waals surface area contributed by atoms with Crippen molar-refractivity contribution in [3.63, 3.8) is 0 Å². The predicted molar refractivity (Wildman–Crippen MR) is 28.9 cm³/mol. The molecule has 0 aromatic heterocycles. The van der Waals surface area contributed by atoms with E-state index in [1.54, 1.807) is 0 Å². The first-order valence-corrected chi connectivity index (χ1v) is 2.50. The number of rotatable bonds is 0. The third kappa shape index (κ3) is 2.32. The Morgan fingerprint density at radius 3 is 1.89 bits per heavy atom. The summed E-state index contributed by atoms with van der Waals surface area (Å²) in [7, 11) is 0. The molecule has 0 rings (SSSR count). The molecule has 0 aliphatic carbocycles. The number of hydrogen-bond donors (Lipinski definition) is 1. The summed E-state index contributed by atoms with van der Waals surface area (Å²) < 4.78 is 0.789. The van der Waals surface area contributed by atoms with Crippen molar-refractivity contribution in [2.45, 2.75) is 26.4 Å². The lowest BCUT2D eigenvalue weighted by molar-refractivity contribution is -0.784. The quantitative estimate of drug-likeness (QED) is 0.224. The van der Waals surface area contributed by atoms with Gasteiger partial charge in [0.15, 0.2) is 0 Å². The van der Waals surface area contributed by atoms with E-state index in [0.29, 0.717) is 0 Å². The van der Waals surface area contributed by atoms with E-state index in [0.717, 1.165) is 4.52 Å². The van der Waals surface area contributed by atoms with Crippen LogP contribution in [-0.4, -0.2) is 16.9 Å². The van der Waals surface area contributed by atoms with Crippen LogP contribution < -0.4 is 5.26 Å². The summed E-state index contributed by atoms with van der Waals surface area (Å²) in [6.45, 7) is 4.50. The molecule has 0 bridgehead atoms. The van der Waals surface area contributed by atoms with E-state index in [9.17, 15) is 10.1 Å². The number of carbonyl (C=O) groups is 1. The summed E-state index contributed by atoms with van der Waals surface area (Å²) in [6.07, 6.45) is -1.53. The number of hydrogen-bond acceptors (Lipinski definition) is 2. The zero-order valence-electron chi connectivity index (χ0n) is 5.67. The van der Waals surface area contributed by atoms with Crippen molar-refractivity contribution in [1.29, 1.82) is 0 Å². The van der Waals surface area contributed by atoms with Gasteiger partial charge >= 0.3 is 6.16 Å². The van der Waals surface area contributed by atoms with E-state index >= 15 is 0 Å². The van der Waals surface area contributed by atoms with Crippen LogP contribution in [0.4, 0.5) is 4.79 Å². The van der Waals surface area contributed by atoms with Gasteiger partial charge in [-0.15, -0.1) is 0 Å². The Kier molecular flexibility index (Phi) is 2.03. The minimum Gasteiger partial charge on any atom is -0.626 e. The van der Waals surface area contributed by atoms with Gasteiger partial charge in [0.2, 0.25) is 0 Å². The molecule has 4 heteroatoms. The van der Waals surface area contributed by atoms with Crippen molar-refractivity contribution in [3.05, 3.63) is 0 Å². The summed E-state index contributed by atoms with van der Waals surface area (Å²) in [4.78, 5) is 9.92. The maximum absolute atomic E-state index is 10.4. The minimum absolute atomic E-state index is 0.789. The standard InChI is InChI=1S/C5H10O4/c1-5(2,3)9(8)4(6)7/h1-3H3,(H,6,7). The highest BCUT2D eigenvalue weighted by Crippen LogP contribution is 2.11. The molecule has 0 aliphatic rings. The van der Waals surface area contributed by atoms with Crippen molar-refractivity contribution in [2.75, 3.05) is 0 Å². The Bertz CT molecular complexity index is 113. The van der Waals surface area contributed by atoms with E-state index in [1.165, 1.54) is 20.8 Å². The summed E-state index contributed by atoms with van der Waals surface area (Å²) in [5.74, 6) is 0. The van der Waals surface area contributed by atoms with Gasteiger partial charge in [0.1, 0.15) is 5.60 Å². The van der Waals surface area contributed by atoms with Gasteiger partial charge in [-0.05, 0) is 20.8 Å². The van der Waals surface area contributed by atoms with Gasteiger partial charge in [0.25, 0.3) is 0 Å². The molecule has 0 heterocycles. The largest absolute Gasteiger partial charge is 0.725 e. The Morgan fingerprint density at radius 2 is 1.89 bits per heavy atom. The molecule has 9 heavy (non-hydrogen) atoms. The third-order valence-corrected chi connectivity index (χ3v) is 0.715. The zero-order chi connectivity index (χ0) is 7.65. The SMILES string of the molecule is CC(C)(C)[O+]([O-])C(=O)O. The van der Waals surface area contributed by atoms with Gasteiger partial charge in [-0.25, -0.2) is 0 Å². The highest BCUT2D eigenvalue weighted by atomic mass is 17.3. The Hall–Kier alpha value is -0.770. The van der Waals surface area contributed by atoms with Gasteiger partial charge in [-0.2, -0.15) is 0 Å². The highest BCUT2D eigenvalue weighted by molar-refractivity contribution is 5.58.